The van der Waals surface area contributed by atoms with E-state index in [4.69, 9.17) is 14.7 Å². The zero-order chi connectivity index (χ0) is 28.3. The molecule has 4 atom stereocenters. The van der Waals surface area contributed by atoms with Crippen LogP contribution < -0.4 is 14.4 Å². The molecule has 208 valence electrons. The Bertz CT molecular complexity index is 1270. The van der Waals surface area contributed by atoms with Crippen LogP contribution in [0.2, 0.25) is 0 Å². The number of ether oxygens (including phenoxy) is 2. The molecule has 1 amide bonds. The molecular formula is C30H37N3O6. The van der Waals surface area contributed by atoms with E-state index in [-0.39, 0.29) is 18.6 Å². The van der Waals surface area contributed by atoms with Gasteiger partial charge in [-0.2, -0.15) is 5.26 Å². The van der Waals surface area contributed by atoms with Crippen LogP contribution in [0.1, 0.15) is 36.5 Å². The summed E-state index contributed by atoms with van der Waals surface area (Å²) in [6.07, 6.45) is 0.997. The number of amides is 1. The molecule has 9 heteroatoms. The lowest BCUT2D eigenvalue weighted by atomic mass is 9.72. The van der Waals surface area contributed by atoms with Gasteiger partial charge in [0, 0.05) is 36.2 Å². The molecular weight excluding hydrogens is 498 g/mol. The summed E-state index contributed by atoms with van der Waals surface area (Å²) in [6, 6.07) is 13.8. The lowest BCUT2D eigenvalue weighted by Gasteiger charge is -2.41. The molecule has 2 aliphatic heterocycles. The van der Waals surface area contributed by atoms with Crippen LogP contribution >= 0.6 is 0 Å². The van der Waals surface area contributed by atoms with Crippen LogP contribution in [-0.2, 0) is 4.79 Å². The Morgan fingerprint density at radius 2 is 1.95 bits per heavy atom. The molecule has 2 aromatic carbocycles. The number of allylic oxidation sites excluding steroid dienone is 1. The second kappa shape index (κ2) is 11.7. The first-order valence-electron chi connectivity index (χ1n) is 13.1. The molecule has 0 spiro atoms. The van der Waals surface area contributed by atoms with E-state index < -0.39 is 30.1 Å². The van der Waals surface area contributed by atoms with Crippen LogP contribution in [0.15, 0.2) is 42.5 Å². The van der Waals surface area contributed by atoms with Gasteiger partial charge in [0.05, 0.1) is 39.0 Å². The molecule has 3 N–H and O–H groups in total. The first kappa shape index (κ1) is 28.4. The summed E-state index contributed by atoms with van der Waals surface area (Å²) in [6.45, 7) is 6.91. The third-order valence-electron chi connectivity index (χ3n) is 8.05. The standard InChI is InChI=1S/C30H37N3O6/c1-19-7-8-21(6-5-11-31)25(12-19)32-14-23(15-32)39-28-13-22(9-10-27(28)38-4)24-16-33(29(37)26(36)17-34)18-30(24,3)20(2)35/h5-10,12-13,20,23-24,26,34-36H,14-18H2,1-4H3/b6-5+/t20-,24+,26+,30+/m1/s1. The van der Waals surface area contributed by atoms with Crippen molar-refractivity contribution in [2.24, 2.45) is 5.41 Å². The van der Waals surface area contributed by atoms with E-state index in [1.165, 1.54) is 11.0 Å². The molecule has 39 heavy (non-hydrogen) atoms. The van der Waals surface area contributed by atoms with Gasteiger partial charge < -0.3 is 34.6 Å². The van der Waals surface area contributed by atoms with Gasteiger partial charge in [0.1, 0.15) is 6.10 Å². The number of anilines is 1. The van der Waals surface area contributed by atoms with Crippen LogP contribution in [0.4, 0.5) is 5.69 Å². The molecule has 2 fully saturated rings. The summed E-state index contributed by atoms with van der Waals surface area (Å²) in [7, 11) is 1.58. The van der Waals surface area contributed by atoms with Crippen molar-refractivity contribution < 1.29 is 29.6 Å². The molecule has 2 aliphatic rings. The van der Waals surface area contributed by atoms with Gasteiger partial charge in [0.2, 0.25) is 0 Å². The molecule has 2 saturated heterocycles. The number of nitriles is 1. The Morgan fingerprint density at radius 3 is 2.59 bits per heavy atom. The molecule has 2 aromatic rings. The fourth-order valence-corrected chi connectivity index (χ4v) is 5.47. The average molecular weight is 536 g/mol. The zero-order valence-electron chi connectivity index (χ0n) is 22.9. The largest absolute Gasteiger partial charge is 0.493 e. The van der Waals surface area contributed by atoms with E-state index in [0.29, 0.717) is 31.1 Å². The van der Waals surface area contributed by atoms with Crippen LogP contribution in [0.3, 0.4) is 0 Å². The van der Waals surface area contributed by atoms with E-state index in [0.717, 1.165) is 22.4 Å². The topological polar surface area (TPSA) is 126 Å². The monoisotopic (exact) mass is 535 g/mol. The fourth-order valence-electron chi connectivity index (χ4n) is 5.47. The van der Waals surface area contributed by atoms with Gasteiger partial charge in [-0.05, 0) is 54.8 Å². The quantitative estimate of drug-likeness (QED) is 0.418. The zero-order valence-corrected chi connectivity index (χ0v) is 22.9. The van der Waals surface area contributed by atoms with E-state index >= 15 is 0 Å². The number of benzene rings is 2. The van der Waals surface area contributed by atoms with Crippen LogP contribution in [0, 0.1) is 23.7 Å². The highest BCUT2D eigenvalue weighted by Gasteiger charge is 2.49. The van der Waals surface area contributed by atoms with Gasteiger partial charge >= 0.3 is 0 Å². The SMILES string of the molecule is COc1ccc([C@@H]2CN(C(=O)[C@@H](O)CO)C[C@@]2(C)[C@@H](C)O)cc1OC1CN(c2cc(C)ccc2/C=C/C#N)C1. The average Bonchev–Trinajstić information content (AvgIpc) is 3.27. The molecule has 0 unspecified atom stereocenters. The molecule has 2 heterocycles. The summed E-state index contributed by atoms with van der Waals surface area (Å²) in [5.74, 6) is 0.402. The van der Waals surface area contributed by atoms with Gasteiger partial charge in [-0.25, -0.2) is 0 Å². The third-order valence-corrected chi connectivity index (χ3v) is 8.05. The number of carbonyl (C=O) groups excluding carboxylic acids is 1. The highest BCUT2D eigenvalue weighted by atomic mass is 16.5. The van der Waals surface area contributed by atoms with Crippen molar-refractivity contribution in [2.45, 2.75) is 45.0 Å². The highest BCUT2D eigenvalue weighted by molar-refractivity contribution is 5.81. The second-order valence-corrected chi connectivity index (χ2v) is 10.7. The maximum atomic E-state index is 12.6. The van der Waals surface area contributed by atoms with Gasteiger partial charge in [-0.15, -0.1) is 0 Å². The number of carbonyl (C=O) groups is 1. The number of aliphatic hydroxyl groups is 3. The minimum Gasteiger partial charge on any atom is -0.493 e. The number of hydrogen-bond donors (Lipinski definition) is 3. The molecule has 0 bridgehead atoms. The maximum Gasteiger partial charge on any atom is 0.253 e. The first-order chi connectivity index (χ1) is 18.6. The Balaban J connectivity index is 1.54. The maximum absolute atomic E-state index is 12.6. The van der Waals surface area contributed by atoms with Gasteiger partial charge in [-0.1, -0.05) is 25.1 Å². The number of hydrogen-bond acceptors (Lipinski definition) is 8. The van der Waals surface area contributed by atoms with Crippen LogP contribution in [0.5, 0.6) is 11.5 Å². The van der Waals surface area contributed by atoms with E-state index in [2.05, 4.69) is 11.0 Å². The van der Waals surface area contributed by atoms with Crippen molar-refractivity contribution in [1.29, 1.82) is 5.26 Å². The fraction of sp³-hybridized carbons (Fsp3) is 0.467. The number of aryl methyl sites for hydroxylation is 1. The highest BCUT2D eigenvalue weighted by Crippen LogP contribution is 2.47. The van der Waals surface area contributed by atoms with Crippen molar-refractivity contribution in [1.82, 2.24) is 4.90 Å². The predicted octanol–water partition coefficient (Wildman–Crippen LogP) is 2.47. The minimum absolute atomic E-state index is 0.0769. The molecule has 0 aliphatic carbocycles. The van der Waals surface area contributed by atoms with E-state index in [9.17, 15) is 20.1 Å². The predicted molar refractivity (Wildman–Crippen MR) is 148 cm³/mol. The summed E-state index contributed by atoms with van der Waals surface area (Å²) >= 11 is 0. The van der Waals surface area contributed by atoms with Crippen molar-refractivity contribution in [2.75, 3.05) is 44.8 Å². The number of rotatable bonds is 9. The summed E-state index contributed by atoms with van der Waals surface area (Å²) in [5, 5.41) is 38.8. The van der Waals surface area contributed by atoms with Crippen LogP contribution in [-0.4, -0.2) is 84.3 Å². The smallest absolute Gasteiger partial charge is 0.253 e. The normalized spacial score (nSPS) is 22.9. The summed E-state index contributed by atoms with van der Waals surface area (Å²) < 4.78 is 12.0. The van der Waals surface area contributed by atoms with Crippen molar-refractivity contribution in [3.05, 3.63) is 59.2 Å². The number of nitrogens with zero attached hydrogens (tertiary/aromatic N) is 3. The number of aliphatic hydroxyl groups excluding tert-OH is 3. The molecule has 4 rings (SSSR count). The lowest BCUT2D eigenvalue weighted by molar-refractivity contribution is -0.141. The van der Waals surface area contributed by atoms with E-state index in [1.807, 2.05) is 56.3 Å². The summed E-state index contributed by atoms with van der Waals surface area (Å²) in [4.78, 5) is 16.4. The molecule has 0 aromatic heterocycles. The third kappa shape index (κ3) is 5.74. The molecule has 0 radical (unpaired) electrons. The van der Waals surface area contributed by atoms with E-state index in [1.54, 1.807) is 14.0 Å². The Labute approximate surface area is 229 Å². The Hall–Kier alpha value is -3.58. The van der Waals surface area contributed by atoms with Crippen molar-refractivity contribution in [3.63, 3.8) is 0 Å². The lowest BCUT2D eigenvalue weighted by Crippen LogP contribution is -2.54. The number of methoxy groups -OCH3 is 1. The second-order valence-electron chi connectivity index (χ2n) is 10.7. The van der Waals surface area contributed by atoms with Crippen molar-refractivity contribution in [3.8, 4) is 17.6 Å². The van der Waals surface area contributed by atoms with Gasteiger partial charge in [0.25, 0.3) is 5.91 Å². The number of likely N-dealkylation sites (tertiary alicyclic amines) is 1. The van der Waals surface area contributed by atoms with Crippen molar-refractivity contribution >= 4 is 17.7 Å². The minimum atomic E-state index is -1.48. The van der Waals surface area contributed by atoms with Gasteiger partial charge in [-0.3, -0.25) is 4.79 Å². The Kier molecular flexibility index (Phi) is 8.50. The van der Waals surface area contributed by atoms with Gasteiger partial charge in [0.15, 0.2) is 17.6 Å². The molecule has 9 nitrogen and oxygen atoms in total. The van der Waals surface area contributed by atoms with Crippen LogP contribution in [0.25, 0.3) is 6.08 Å². The molecule has 0 saturated carbocycles. The first-order valence-corrected chi connectivity index (χ1v) is 13.1. The Morgan fingerprint density at radius 1 is 1.21 bits per heavy atom. The summed E-state index contributed by atoms with van der Waals surface area (Å²) in [5.41, 5.74) is 3.39.